The molecule has 0 saturated heterocycles. The van der Waals surface area contributed by atoms with Gasteiger partial charge in [-0.15, -0.1) is 0 Å². The van der Waals surface area contributed by atoms with Crippen LogP contribution in [0.1, 0.15) is 19.4 Å². The molecule has 156 valence electrons. The molecule has 1 N–H and O–H groups in total. The third kappa shape index (κ3) is 5.57. The molecular weight excluding hydrogens is 404 g/mol. The summed E-state index contributed by atoms with van der Waals surface area (Å²) in [5.41, 5.74) is -1.77. The molecule has 7 nitrogen and oxygen atoms in total. The van der Waals surface area contributed by atoms with Gasteiger partial charge in [0, 0.05) is 0 Å². The maximum atomic E-state index is 13.1. The van der Waals surface area contributed by atoms with E-state index in [1.165, 1.54) is 28.9 Å². The topological polar surface area (TPSA) is 86.3 Å². The number of allylic oxidation sites excluding steroid dienone is 2. The lowest BCUT2D eigenvalue weighted by Gasteiger charge is -2.24. The first-order valence-corrected chi connectivity index (χ1v) is 9.67. The average Bonchev–Trinajstić information content (AvgIpc) is 2.63. The van der Waals surface area contributed by atoms with Crippen molar-refractivity contribution in [3.05, 3.63) is 75.3 Å². The molecule has 2 rings (SSSR count). The smallest absolute Gasteiger partial charge is 0.387 e. The highest BCUT2D eigenvalue weighted by Crippen LogP contribution is 2.18. The van der Waals surface area contributed by atoms with Gasteiger partial charge < -0.3 is 9.84 Å². The fourth-order valence-electron chi connectivity index (χ4n) is 2.59. The summed E-state index contributed by atoms with van der Waals surface area (Å²) < 4.78 is 31.2. The summed E-state index contributed by atoms with van der Waals surface area (Å²) in [4.78, 5) is 29.6. The largest absolute Gasteiger partial charge is 0.509 e. The van der Waals surface area contributed by atoms with Crippen LogP contribution in [0, 0.1) is 0 Å². The van der Waals surface area contributed by atoms with Crippen LogP contribution in [0.2, 0.25) is 0 Å². The summed E-state index contributed by atoms with van der Waals surface area (Å²) in [6, 6.07) is 5.83. The summed E-state index contributed by atoms with van der Waals surface area (Å²) in [7, 11) is 0. The number of benzene rings is 1. The Hall–Kier alpha value is -2.88. The highest BCUT2D eigenvalue weighted by atomic mass is 32.2. The summed E-state index contributed by atoms with van der Waals surface area (Å²) in [6.07, 6.45) is 4.45. The van der Waals surface area contributed by atoms with E-state index in [0.29, 0.717) is 5.56 Å². The van der Waals surface area contributed by atoms with Crippen molar-refractivity contribution < 1.29 is 18.6 Å². The molecule has 1 aromatic carbocycles. The quantitative estimate of drug-likeness (QED) is 0.397. The molecule has 0 unspecified atom stereocenters. The van der Waals surface area contributed by atoms with Gasteiger partial charge in [-0.2, -0.15) is 13.8 Å². The first-order chi connectivity index (χ1) is 13.5. The van der Waals surface area contributed by atoms with Crippen LogP contribution >= 0.6 is 11.8 Å². The molecule has 10 heteroatoms. The number of thioether (sulfide) groups is 1. The Morgan fingerprint density at radius 2 is 1.97 bits per heavy atom. The zero-order chi connectivity index (χ0) is 21.8. The molecule has 0 aliphatic rings. The Morgan fingerprint density at radius 3 is 2.48 bits per heavy atom. The van der Waals surface area contributed by atoms with Crippen molar-refractivity contribution in [2.45, 2.75) is 37.7 Å². The van der Waals surface area contributed by atoms with Crippen LogP contribution in [0.4, 0.5) is 8.78 Å². The minimum absolute atomic E-state index is 0.000199. The normalized spacial score (nSPS) is 11.9. The van der Waals surface area contributed by atoms with Gasteiger partial charge in [0.25, 0.3) is 0 Å². The van der Waals surface area contributed by atoms with Crippen LogP contribution in [0.3, 0.4) is 0 Å². The van der Waals surface area contributed by atoms with Crippen molar-refractivity contribution in [1.82, 2.24) is 14.1 Å². The number of aromatic nitrogens is 3. The summed E-state index contributed by atoms with van der Waals surface area (Å²) >= 11 is 1.13. The molecule has 0 bridgehead atoms. The van der Waals surface area contributed by atoms with E-state index in [1.807, 2.05) is 0 Å². The second-order valence-electron chi connectivity index (χ2n) is 6.59. The second-order valence-corrected chi connectivity index (χ2v) is 7.36. The number of ether oxygens (including phenoxy) is 1. The van der Waals surface area contributed by atoms with Crippen molar-refractivity contribution in [2.24, 2.45) is 0 Å². The molecule has 2 aromatic rings. The lowest BCUT2D eigenvalue weighted by atomic mass is 10.0. The third-order valence-electron chi connectivity index (χ3n) is 3.97. The van der Waals surface area contributed by atoms with Crippen molar-refractivity contribution in [3.8, 4) is 5.75 Å². The minimum atomic E-state index is -2.93. The number of alkyl halides is 2. The van der Waals surface area contributed by atoms with Crippen molar-refractivity contribution >= 4 is 11.8 Å². The minimum Gasteiger partial charge on any atom is -0.509 e. The monoisotopic (exact) mass is 425 g/mol. The first kappa shape index (κ1) is 22.4. The van der Waals surface area contributed by atoms with E-state index in [4.69, 9.17) is 0 Å². The lowest BCUT2D eigenvalue weighted by molar-refractivity contribution is -0.0498. The number of hydrogen-bond donors (Lipinski definition) is 1. The molecule has 0 fully saturated rings. The molecule has 0 radical (unpaired) electrons. The molecule has 1 aromatic heterocycles. The fourth-order valence-corrected chi connectivity index (χ4v) is 3.13. The lowest BCUT2D eigenvalue weighted by Crippen LogP contribution is -2.50. The van der Waals surface area contributed by atoms with Gasteiger partial charge in [0.05, 0.1) is 12.1 Å². The van der Waals surface area contributed by atoms with Crippen molar-refractivity contribution in [3.63, 3.8) is 0 Å². The maximum Gasteiger partial charge on any atom is 0.387 e. The zero-order valence-corrected chi connectivity index (χ0v) is 16.9. The molecular formula is C19H21F2N3O4S. The first-order valence-electron chi connectivity index (χ1n) is 8.44. The zero-order valence-electron chi connectivity index (χ0n) is 16.1. The van der Waals surface area contributed by atoms with Gasteiger partial charge in [-0.3, -0.25) is 4.57 Å². The van der Waals surface area contributed by atoms with Crippen LogP contribution in [0.25, 0.3) is 0 Å². The van der Waals surface area contributed by atoms with Crippen molar-refractivity contribution in [1.29, 1.82) is 0 Å². The van der Waals surface area contributed by atoms with Gasteiger partial charge in [-0.1, -0.05) is 36.5 Å². The van der Waals surface area contributed by atoms with Crippen LogP contribution < -0.4 is 16.1 Å². The second kappa shape index (κ2) is 9.08. The van der Waals surface area contributed by atoms with Crippen LogP contribution in [0.5, 0.6) is 5.75 Å². The van der Waals surface area contributed by atoms with Gasteiger partial charge in [0.15, 0.2) is 5.16 Å². The fraction of sp³-hybridized carbons (Fsp3) is 0.316. The summed E-state index contributed by atoms with van der Waals surface area (Å²) in [6.45, 7) is 3.73. The van der Waals surface area contributed by atoms with Crippen LogP contribution in [0.15, 0.2) is 63.5 Å². The SMILES string of the molecule is C=C(O)/C=C\C(C)(C)n1c(=O)nc(SC)n(Cc2ccc(OC(F)F)cc2)c1=O. The molecule has 0 saturated carbocycles. The van der Waals surface area contributed by atoms with Crippen molar-refractivity contribution in [2.75, 3.05) is 6.26 Å². The molecule has 0 aliphatic carbocycles. The van der Waals surface area contributed by atoms with Gasteiger partial charge in [0.2, 0.25) is 0 Å². The van der Waals surface area contributed by atoms with E-state index in [1.54, 1.807) is 32.2 Å². The van der Waals surface area contributed by atoms with E-state index in [0.717, 1.165) is 16.3 Å². The van der Waals surface area contributed by atoms with Gasteiger partial charge in [-0.25, -0.2) is 14.2 Å². The molecule has 0 amide bonds. The third-order valence-corrected chi connectivity index (χ3v) is 4.64. The van der Waals surface area contributed by atoms with Crippen LogP contribution in [-0.2, 0) is 12.1 Å². The predicted molar refractivity (Wildman–Crippen MR) is 107 cm³/mol. The Kier molecular flexibility index (Phi) is 7.02. The van der Waals surface area contributed by atoms with Gasteiger partial charge in [-0.05, 0) is 43.9 Å². The standard InChI is InChI=1S/C19H21F2N3O4S/c1-12(25)9-10-19(2,3)24-16(26)22-17(29-4)23(18(24)27)11-13-5-7-14(8-6-13)28-15(20)21/h5-10,15,25H,1,11H2,2-4H3/b10-9-. The Labute approximate surface area is 170 Å². The Balaban J connectivity index is 2.50. The highest BCUT2D eigenvalue weighted by Gasteiger charge is 2.24. The van der Waals surface area contributed by atoms with E-state index >= 15 is 0 Å². The van der Waals surface area contributed by atoms with Gasteiger partial charge >= 0.3 is 18.0 Å². The number of nitrogens with zero attached hydrogens (tertiary/aromatic N) is 3. The number of aliphatic hydroxyl groups is 1. The Bertz CT molecular complexity index is 1030. The molecule has 1 heterocycles. The Morgan fingerprint density at radius 1 is 1.34 bits per heavy atom. The number of halogens is 2. The molecule has 0 atom stereocenters. The molecule has 0 aliphatic heterocycles. The van der Waals surface area contributed by atoms with E-state index in [-0.39, 0.29) is 23.2 Å². The molecule has 0 spiro atoms. The summed E-state index contributed by atoms with van der Waals surface area (Å²) in [5, 5.41) is 9.50. The highest BCUT2D eigenvalue weighted by molar-refractivity contribution is 7.98. The van der Waals surface area contributed by atoms with Gasteiger partial charge in [0.1, 0.15) is 11.5 Å². The predicted octanol–water partition coefficient (Wildman–Crippen LogP) is 3.14. The average molecular weight is 425 g/mol. The molecule has 29 heavy (non-hydrogen) atoms. The maximum absolute atomic E-state index is 13.1. The van der Waals surface area contributed by atoms with Crippen LogP contribution in [-0.4, -0.2) is 32.1 Å². The number of rotatable bonds is 8. The van der Waals surface area contributed by atoms with E-state index in [2.05, 4.69) is 16.3 Å². The van der Waals surface area contributed by atoms with E-state index in [9.17, 15) is 23.5 Å². The number of hydrogen-bond acceptors (Lipinski definition) is 6. The number of aliphatic hydroxyl groups excluding tert-OH is 1. The summed E-state index contributed by atoms with van der Waals surface area (Å²) in [5.74, 6) is -0.217. The van der Waals surface area contributed by atoms with E-state index < -0.39 is 23.5 Å².